The molecule has 1 amide bonds. The van der Waals surface area contributed by atoms with Crippen LogP contribution in [0.25, 0.3) is 0 Å². The zero-order chi connectivity index (χ0) is 11.1. The van der Waals surface area contributed by atoms with Gasteiger partial charge in [0, 0.05) is 23.6 Å². The lowest BCUT2D eigenvalue weighted by molar-refractivity contribution is -0.137. The highest BCUT2D eigenvalue weighted by Gasteiger charge is 2.53. The topological polar surface area (TPSA) is 20.3 Å². The van der Waals surface area contributed by atoms with Crippen molar-refractivity contribution in [1.82, 2.24) is 4.90 Å². The van der Waals surface area contributed by atoms with Crippen molar-refractivity contribution in [3.63, 3.8) is 0 Å². The molecule has 0 spiro atoms. The van der Waals surface area contributed by atoms with Gasteiger partial charge in [-0.3, -0.25) is 4.79 Å². The number of rotatable bonds is 0. The molecule has 80 valence electrons. The molecule has 1 atom stereocenters. The first kappa shape index (κ1) is 11.3. The summed E-state index contributed by atoms with van der Waals surface area (Å²) < 4.78 is 0. The summed E-state index contributed by atoms with van der Waals surface area (Å²) in [6.45, 7) is 12.6. The number of fused-ring (bicyclic) bond motifs is 1. The van der Waals surface area contributed by atoms with Gasteiger partial charge < -0.3 is 4.90 Å². The fraction of sp³-hybridized carbons (Fsp3) is 0.750. The summed E-state index contributed by atoms with van der Waals surface area (Å²) in [5.74, 6) is 0.286. The summed E-state index contributed by atoms with van der Waals surface area (Å²) in [6.07, 6.45) is 0.642. The molecule has 0 N–H and O–H groups in total. The van der Waals surface area contributed by atoms with Crippen molar-refractivity contribution in [3.8, 4) is 0 Å². The summed E-state index contributed by atoms with van der Waals surface area (Å²) in [7, 11) is 0. The minimum atomic E-state index is 0.218. The van der Waals surface area contributed by atoms with Crippen LogP contribution in [-0.4, -0.2) is 16.8 Å². The summed E-state index contributed by atoms with van der Waals surface area (Å²) in [5, 5.41) is 0. The molecule has 14 heavy (non-hydrogen) atoms. The first-order valence-electron chi connectivity index (χ1n) is 5.48. The smallest absolute Gasteiger partial charge is 0.231 e. The second-order valence-corrected chi connectivity index (χ2v) is 4.47. The lowest BCUT2D eigenvalue weighted by Gasteiger charge is -2.53. The zero-order valence-corrected chi connectivity index (χ0v) is 10.1. The van der Waals surface area contributed by atoms with Gasteiger partial charge in [-0.25, -0.2) is 0 Å². The van der Waals surface area contributed by atoms with E-state index < -0.39 is 0 Å². The Kier molecular flexibility index (Phi) is 2.75. The predicted octanol–water partition coefficient (Wildman–Crippen LogP) is 2.95. The first-order chi connectivity index (χ1) is 6.46. The fourth-order valence-corrected chi connectivity index (χ4v) is 2.45. The van der Waals surface area contributed by atoms with Crippen LogP contribution in [0.2, 0.25) is 0 Å². The molecule has 1 saturated heterocycles. The van der Waals surface area contributed by atoms with Crippen LogP contribution in [0.1, 0.15) is 48.0 Å². The number of hydrogen-bond acceptors (Lipinski definition) is 1. The number of hydrogen-bond donors (Lipinski definition) is 0. The van der Waals surface area contributed by atoms with Crippen molar-refractivity contribution in [2.75, 3.05) is 0 Å². The molecule has 2 nitrogen and oxygen atoms in total. The minimum Gasteiger partial charge on any atom is -0.312 e. The molecule has 2 heterocycles. The SMILES string of the molecule is CC.CC1=C2N(C(=O)C1)C(C)C2(C)C. The number of nitrogens with zero attached hydrogens (tertiary/aromatic N) is 1. The average molecular weight is 195 g/mol. The van der Waals surface area contributed by atoms with Gasteiger partial charge in [0.1, 0.15) is 0 Å². The molecular weight excluding hydrogens is 174 g/mol. The molecule has 0 bridgehead atoms. The maximum absolute atomic E-state index is 11.4. The molecular formula is C12H21NO. The summed E-state index contributed by atoms with van der Waals surface area (Å²) in [5.41, 5.74) is 2.76. The van der Waals surface area contributed by atoms with E-state index in [0.717, 1.165) is 0 Å². The molecule has 0 aromatic heterocycles. The van der Waals surface area contributed by atoms with Crippen molar-refractivity contribution in [2.24, 2.45) is 5.41 Å². The predicted molar refractivity (Wildman–Crippen MR) is 58.8 cm³/mol. The van der Waals surface area contributed by atoms with Gasteiger partial charge in [-0.2, -0.15) is 0 Å². The molecule has 2 rings (SSSR count). The van der Waals surface area contributed by atoms with Crippen LogP contribution in [0.3, 0.4) is 0 Å². The van der Waals surface area contributed by atoms with E-state index in [1.165, 1.54) is 11.3 Å². The van der Waals surface area contributed by atoms with Crippen LogP contribution in [0.5, 0.6) is 0 Å². The molecule has 1 unspecified atom stereocenters. The van der Waals surface area contributed by atoms with E-state index in [0.29, 0.717) is 12.5 Å². The summed E-state index contributed by atoms with van der Waals surface area (Å²) in [4.78, 5) is 13.4. The quantitative estimate of drug-likeness (QED) is 0.582. The molecule has 2 aliphatic heterocycles. The van der Waals surface area contributed by atoms with E-state index in [1.54, 1.807) is 0 Å². The highest BCUT2D eigenvalue weighted by Crippen LogP contribution is 2.52. The van der Waals surface area contributed by atoms with Crippen LogP contribution < -0.4 is 0 Å². The van der Waals surface area contributed by atoms with Crippen molar-refractivity contribution < 1.29 is 4.79 Å². The molecule has 2 aliphatic rings. The van der Waals surface area contributed by atoms with Crippen molar-refractivity contribution in [2.45, 2.75) is 54.0 Å². The second kappa shape index (κ2) is 3.41. The Morgan fingerprint density at radius 3 is 2.29 bits per heavy atom. The molecule has 0 aromatic rings. The van der Waals surface area contributed by atoms with Crippen molar-refractivity contribution in [1.29, 1.82) is 0 Å². The number of carbonyl (C=O) groups is 1. The first-order valence-corrected chi connectivity index (χ1v) is 5.48. The van der Waals surface area contributed by atoms with Gasteiger partial charge in [0.2, 0.25) is 5.91 Å². The van der Waals surface area contributed by atoms with Gasteiger partial charge in [0.25, 0.3) is 0 Å². The molecule has 2 heteroatoms. The average Bonchev–Trinajstić information content (AvgIpc) is 2.42. The van der Waals surface area contributed by atoms with E-state index in [9.17, 15) is 4.79 Å². The van der Waals surface area contributed by atoms with Gasteiger partial charge in [-0.1, -0.05) is 27.7 Å². The highest BCUT2D eigenvalue weighted by molar-refractivity contribution is 5.87. The Bertz CT molecular complexity index is 289. The maximum Gasteiger partial charge on any atom is 0.231 e. The van der Waals surface area contributed by atoms with Crippen LogP contribution in [-0.2, 0) is 4.79 Å². The van der Waals surface area contributed by atoms with E-state index in [2.05, 4.69) is 27.7 Å². The molecule has 0 aromatic carbocycles. The van der Waals surface area contributed by atoms with Crippen molar-refractivity contribution >= 4 is 5.91 Å². The van der Waals surface area contributed by atoms with Crippen LogP contribution in [0.15, 0.2) is 11.3 Å². The molecule has 1 fully saturated rings. The van der Waals surface area contributed by atoms with Crippen LogP contribution in [0, 0.1) is 5.41 Å². The maximum atomic E-state index is 11.4. The third-order valence-electron chi connectivity index (χ3n) is 3.37. The van der Waals surface area contributed by atoms with Crippen LogP contribution >= 0.6 is 0 Å². The normalized spacial score (nSPS) is 28.0. The lowest BCUT2D eigenvalue weighted by atomic mass is 9.72. The Balaban J connectivity index is 0.000000461. The molecule has 0 saturated carbocycles. The van der Waals surface area contributed by atoms with Gasteiger partial charge >= 0.3 is 0 Å². The highest BCUT2D eigenvalue weighted by atomic mass is 16.2. The number of amides is 1. The Hall–Kier alpha value is -0.790. The summed E-state index contributed by atoms with van der Waals surface area (Å²) in [6, 6.07) is 0.387. The third-order valence-corrected chi connectivity index (χ3v) is 3.37. The Morgan fingerprint density at radius 1 is 1.36 bits per heavy atom. The van der Waals surface area contributed by atoms with Gasteiger partial charge in [-0.05, 0) is 19.4 Å². The fourth-order valence-electron chi connectivity index (χ4n) is 2.45. The molecule has 0 radical (unpaired) electrons. The monoisotopic (exact) mass is 195 g/mol. The van der Waals surface area contributed by atoms with E-state index in [4.69, 9.17) is 0 Å². The van der Waals surface area contributed by atoms with E-state index >= 15 is 0 Å². The zero-order valence-electron chi connectivity index (χ0n) is 10.1. The molecule has 0 aliphatic carbocycles. The van der Waals surface area contributed by atoms with Gasteiger partial charge in [0.15, 0.2) is 0 Å². The second-order valence-electron chi connectivity index (χ2n) is 4.47. The van der Waals surface area contributed by atoms with Crippen LogP contribution in [0.4, 0.5) is 0 Å². The van der Waals surface area contributed by atoms with E-state index in [1.807, 2.05) is 18.7 Å². The Morgan fingerprint density at radius 2 is 1.86 bits per heavy atom. The lowest BCUT2D eigenvalue weighted by Crippen LogP contribution is -2.57. The summed E-state index contributed by atoms with van der Waals surface area (Å²) >= 11 is 0. The minimum absolute atomic E-state index is 0.218. The Labute approximate surface area is 87.0 Å². The standard InChI is InChI=1S/C10H15NO.C2H6/c1-6-5-8(12)11-7(2)10(3,4)9(6)11;1-2/h7H,5H2,1-4H3;1-2H3. The van der Waals surface area contributed by atoms with Crippen molar-refractivity contribution in [3.05, 3.63) is 11.3 Å². The third kappa shape index (κ3) is 1.20. The van der Waals surface area contributed by atoms with Gasteiger partial charge in [0.05, 0.1) is 0 Å². The largest absolute Gasteiger partial charge is 0.312 e. The van der Waals surface area contributed by atoms with E-state index in [-0.39, 0.29) is 11.3 Å². The van der Waals surface area contributed by atoms with Gasteiger partial charge in [-0.15, -0.1) is 0 Å². The number of carbonyl (C=O) groups excluding carboxylic acids is 1.